The maximum absolute atomic E-state index is 13.0. The Morgan fingerprint density at radius 3 is 2.37 bits per heavy atom. The number of carbonyl (C=O) groups is 2. The third kappa shape index (κ3) is 5.06. The lowest BCUT2D eigenvalue weighted by Crippen LogP contribution is -2.22. The van der Waals surface area contributed by atoms with E-state index in [1.165, 1.54) is 62.0 Å². The number of rotatable bonds is 7. The molecule has 0 saturated heterocycles. The van der Waals surface area contributed by atoms with Crippen LogP contribution in [-0.2, 0) is 26.1 Å². The van der Waals surface area contributed by atoms with Crippen LogP contribution in [0.2, 0.25) is 0 Å². The fourth-order valence-electron chi connectivity index (χ4n) is 3.69. The average Bonchev–Trinajstić information content (AvgIpc) is 3.51. The van der Waals surface area contributed by atoms with Gasteiger partial charge in [0.1, 0.15) is 12.3 Å². The molecule has 5 rings (SSSR count). The lowest BCUT2D eigenvalue weighted by atomic mass is 10.2. The molecule has 1 amide bonds. The van der Waals surface area contributed by atoms with Crippen molar-refractivity contribution < 1.29 is 37.0 Å². The number of esters is 1. The zero-order chi connectivity index (χ0) is 26.9. The Morgan fingerprint density at radius 2 is 1.71 bits per heavy atom. The second kappa shape index (κ2) is 10.2. The highest BCUT2D eigenvalue weighted by atomic mass is 32.2. The van der Waals surface area contributed by atoms with E-state index in [0.717, 1.165) is 4.70 Å². The van der Waals surface area contributed by atoms with Crippen LogP contribution in [0.1, 0.15) is 10.4 Å². The van der Waals surface area contributed by atoms with Crippen molar-refractivity contribution in [2.75, 3.05) is 25.7 Å². The van der Waals surface area contributed by atoms with Gasteiger partial charge >= 0.3 is 5.97 Å². The van der Waals surface area contributed by atoms with Crippen molar-refractivity contribution in [3.8, 4) is 17.2 Å². The summed E-state index contributed by atoms with van der Waals surface area (Å²) in [5.74, 6) is 0.548. The number of anilines is 1. The van der Waals surface area contributed by atoms with Gasteiger partial charge in [-0.25, -0.2) is 8.42 Å². The predicted molar refractivity (Wildman–Crippen MR) is 138 cm³/mol. The molecule has 13 heteroatoms. The van der Waals surface area contributed by atoms with E-state index in [4.69, 9.17) is 18.9 Å². The molecule has 11 nitrogen and oxygen atoms in total. The van der Waals surface area contributed by atoms with Gasteiger partial charge in [0.2, 0.25) is 6.79 Å². The van der Waals surface area contributed by atoms with E-state index in [-0.39, 0.29) is 34.3 Å². The molecule has 0 fully saturated rings. The first-order valence-electron chi connectivity index (χ1n) is 11.1. The summed E-state index contributed by atoms with van der Waals surface area (Å²) in [5, 5.41) is 0. The summed E-state index contributed by atoms with van der Waals surface area (Å²) in [6.45, 7) is -0.0556. The van der Waals surface area contributed by atoms with E-state index in [0.29, 0.717) is 22.8 Å². The molecule has 196 valence electrons. The smallest absolute Gasteiger partial charge is 0.325 e. The van der Waals surface area contributed by atoms with Crippen molar-refractivity contribution in [2.45, 2.75) is 11.4 Å². The number of fused-ring (bicyclic) bond motifs is 2. The maximum Gasteiger partial charge on any atom is 0.325 e. The molecule has 38 heavy (non-hydrogen) atoms. The molecular weight excluding hydrogens is 534 g/mol. The molecule has 3 aromatic carbocycles. The molecule has 0 saturated carbocycles. The molecule has 0 spiro atoms. The number of aromatic nitrogens is 1. The van der Waals surface area contributed by atoms with Gasteiger partial charge in [-0.2, -0.15) is 4.99 Å². The first kappa shape index (κ1) is 25.3. The van der Waals surface area contributed by atoms with Crippen LogP contribution < -0.4 is 23.7 Å². The fraction of sp³-hybridized carbons (Fsp3) is 0.160. The minimum atomic E-state index is -3.84. The SMILES string of the molecule is COC(=O)Cn1c(=NC(=O)c2ccc(NS(=O)(=O)c3ccc(OC)cc3)cc2)sc2cc3c(cc21)OCO3. The first-order valence-corrected chi connectivity index (χ1v) is 13.4. The number of ether oxygens (including phenoxy) is 4. The number of sulfonamides is 1. The van der Waals surface area contributed by atoms with Gasteiger partial charge in [-0.3, -0.25) is 14.3 Å². The fourth-order valence-corrected chi connectivity index (χ4v) is 5.79. The molecule has 1 aromatic heterocycles. The number of nitrogens with one attached hydrogen (secondary N) is 1. The van der Waals surface area contributed by atoms with Gasteiger partial charge < -0.3 is 23.5 Å². The summed E-state index contributed by atoms with van der Waals surface area (Å²) in [6.07, 6.45) is 0. The van der Waals surface area contributed by atoms with E-state index in [1.807, 2.05) is 0 Å². The number of nitrogens with zero attached hydrogens (tertiary/aromatic N) is 2. The molecule has 1 N–H and O–H groups in total. The monoisotopic (exact) mass is 555 g/mol. The molecule has 0 radical (unpaired) electrons. The summed E-state index contributed by atoms with van der Waals surface area (Å²) in [7, 11) is -1.07. The molecule has 0 aliphatic carbocycles. The third-order valence-corrected chi connectivity index (χ3v) is 8.08. The van der Waals surface area contributed by atoms with Gasteiger partial charge in [0.25, 0.3) is 15.9 Å². The maximum atomic E-state index is 13.0. The second-order valence-corrected chi connectivity index (χ2v) is 10.7. The lowest BCUT2D eigenvalue weighted by molar-refractivity contribution is -0.141. The van der Waals surface area contributed by atoms with Gasteiger partial charge in [0, 0.05) is 23.4 Å². The quantitative estimate of drug-likeness (QED) is 0.344. The van der Waals surface area contributed by atoms with Crippen molar-refractivity contribution in [3.05, 3.63) is 71.0 Å². The van der Waals surface area contributed by atoms with Crippen molar-refractivity contribution >= 4 is 49.1 Å². The Hall–Kier alpha value is -4.36. The third-order valence-electron chi connectivity index (χ3n) is 5.64. The highest BCUT2D eigenvalue weighted by Gasteiger charge is 2.20. The number of hydrogen-bond donors (Lipinski definition) is 1. The number of methoxy groups -OCH3 is 2. The summed E-state index contributed by atoms with van der Waals surface area (Å²) < 4.78 is 50.9. The van der Waals surface area contributed by atoms with Crippen molar-refractivity contribution in [2.24, 2.45) is 4.99 Å². The van der Waals surface area contributed by atoms with Gasteiger partial charge in [-0.1, -0.05) is 11.3 Å². The molecule has 0 atom stereocenters. The number of benzene rings is 3. The molecule has 4 aromatic rings. The van der Waals surface area contributed by atoms with Crippen LogP contribution in [0.5, 0.6) is 17.2 Å². The molecule has 1 aliphatic heterocycles. The molecule has 1 aliphatic rings. The summed E-state index contributed by atoms with van der Waals surface area (Å²) in [5.41, 5.74) is 1.14. The largest absolute Gasteiger partial charge is 0.497 e. The summed E-state index contributed by atoms with van der Waals surface area (Å²) in [6, 6.07) is 15.3. The van der Waals surface area contributed by atoms with Crippen molar-refractivity contribution in [1.82, 2.24) is 4.57 Å². The van der Waals surface area contributed by atoms with E-state index in [2.05, 4.69) is 9.71 Å². The Morgan fingerprint density at radius 1 is 1.03 bits per heavy atom. The Labute approximate surface area is 220 Å². The van der Waals surface area contributed by atoms with E-state index >= 15 is 0 Å². The molecular formula is C25H21N3O8S2. The topological polar surface area (TPSA) is 135 Å². The zero-order valence-corrected chi connectivity index (χ0v) is 21.8. The minimum Gasteiger partial charge on any atom is -0.497 e. The van der Waals surface area contributed by atoms with Crippen LogP contribution in [-0.4, -0.2) is 45.9 Å². The molecule has 2 heterocycles. The van der Waals surface area contributed by atoms with Crippen LogP contribution in [0, 0.1) is 0 Å². The van der Waals surface area contributed by atoms with Crippen LogP contribution >= 0.6 is 11.3 Å². The van der Waals surface area contributed by atoms with Gasteiger partial charge in [-0.05, 0) is 48.5 Å². The normalized spacial score (nSPS) is 12.9. The van der Waals surface area contributed by atoms with Crippen LogP contribution in [0.4, 0.5) is 5.69 Å². The Balaban J connectivity index is 1.42. The zero-order valence-electron chi connectivity index (χ0n) is 20.2. The van der Waals surface area contributed by atoms with Gasteiger partial charge in [0.15, 0.2) is 16.3 Å². The minimum absolute atomic E-state index is 0.0650. The van der Waals surface area contributed by atoms with E-state index in [9.17, 15) is 18.0 Å². The standard InChI is InChI=1S/C25H21N3O8S2/c1-33-17-7-9-18(10-8-17)38(31,32)27-16-5-3-15(4-6-16)24(30)26-25-28(13-23(29)34-2)19-11-20-21(36-14-35-20)12-22(19)37-25/h3-12,27H,13-14H2,1-2H3. The van der Waals surface area contributed by atoms with Crippen molar-refractivity contribution in [3.63, 3.8) is 0 Å². The van der Waals surface area contributed by atoms with E-state index in [1.54, 1.807) is 28.8 Å². The van der Waals surface area contributed by atoms with Gasteiger partial charge in [0.05, 0.1) is 29.3 Å². The lowest BCUT2D eigenvalue weighted by Gasteiger charge is -2.09. The number of carbonyl (C=O) groups excluding carboxylic acids is 2. The van der Waals surface area contributed by atoms with Crippen LogP contribution in [0.25, 0.3) is 10.2 Å². The number of thiazole rings is 1. The second-order valence-electron chi connectivity index (χ2n) is 8.00. The average molecular weight is 556 g/mol. The Kier molecular flexibility index (Phi) is 6.78. The summed E-state index contributed by atoms with van der Waals surface area (Å²) >= 11 is 1.21. The highest BCUT2D eigenvalue weighted by molar-refractivity contribution is 7.92. The predicted octanol–water partition coefficient (Wildman–Crippen LogP) is 3.16. The van der Waals surface area contributed by atoms with Crippen LogP contribution in [0.15, 0.2) is 70.6 Å². The molecule has 0 unspecified atom stereocenters. The highest BCUT2D eigenvalue weighted by Crippen LogP contribution is 2.37. The van der Waals surface area contributed by atoms with Crippen molar-refractivity contribution in [1.29, 1.82) is 0 Å². The number of amides is 1. The van der Waals surface area contributed by atoms with E-state index < -0.39 is 21.9 Å². The van der Waals surface area contributed by atoms with Crippen LogP contribution in [0.3, 0.4) is 0 Å². The summed E-state index contributed by atoms with van der Waals surface area (Å²) in [4.78, 5) is 29.6. The van der Waals surface area contributed by atoms with Gasteiger partial charge in [-0.15, -0.1) is 0 Å². The number of hydrogen-bond acceptors (Lipinski definition) is 9. The molecule has 0 bridgehead atoms. The first-order chi connectivity index (χ1) is 18.3. The Bertz CT molecular complexity index is 1710.